The van der Waals surface area contributed by atoms with Crippen molar-refractivity contribution in [1.29, 1.82) is 0 Å². The third kappa shape index (κ3) is 3.87. The number of hydrogen-bond acceptors (Lipinski definition) is 7. The number of esters is 2. The molecule has 0 bridgehead atoms. The summed E-state index contributed by atoms with van der Waals surface area (Å²) >= 11 is 0. The number of methoxy groups -OCH3 is 1. The predicted octanol–water partition coefficient (Wildman–Crippen LogP) is 5.05. The highest BCUT2D eigenvalue weighted by Crippen LogP contribution is 2.35. The number of Topliss-reactive ketones (excluding diaryl/α,β-unsaturated/α-hetero) is 1. The summed E-state index contributed by atoms with van der Waals surface area (Å²) in [5.74, 6) is -0.696. The van der Waals surface area contributed by atoms with Crippen molar-refractivity contribution in [3.05, 3.63) is 101 Å². The maximum Gasteiger partial charge on any atom is 0.379 e. The number of carbonyl (C=O) groups excluding carboxylic acids is 3. The molecule has 0 aliphatic carbocycles. The molecule has 2 heterocycles. The van der Waals surface area contributed by atoms with E-state index in [9.17, 15) is 14.4 Å². The zero-order chi connectivity index (χ0) is 22.9. The number of furan rings is 1. The van der Waals surface area contributed by atoms with E-state index in [0.717, 1.165) is 5.39 Å². The lowest BCUT2D eigenvalue weighted by Crippen LogP contribution is -2.07. The monoisotopic (exact) mass is 440 g/mol. The molecule has 7 nitrogen and oxygen atoms in total. The lowest BCUT2D eigenvalue weighted by atomic mass is 10.1. The highest BCUT2D eigenvalue weighted by atomic mass is 16.5. The van der Waals surface area contributed by atoms with Crippen LogP contribution in [0, 0.1) is 0 Å². The van der Waals surface area contributed by atoms with Crippen LogP contribution in [0.5, 0.6) is 11.5 Å². The van der Waals surface area contributed by atoms with Gasteiger partial charge >= 0.3 is 11.9 Å². The minimum absolute atomic E-state index is 0.0738. The van der Waals surface area contributed by atoms with E-state index < -0.39 is 11.9 Å². The van der Waals surface area contributed by atoms with Crippen molar-refractivity contribution in [2.75, 3.05) is 7.11 Å². The number of rotatable bonds is 4. The summed E-state index contributed by atoms with van der Waals surface area (Å²) in [6, 6.07) is 20.0. The molecule has 4 aromatic rings. The quantitative estimate of drug-likeness (QED) is 0.249. The molecule has 33 heavy (non-hydrogen) atoms. The van der Waals surface area contributed by atoms with Gasteiger partial charge in [0, 0.05) is 11.5 Å². The summed E-state index contributed by atoms with van der Waals surface area (Å²) < 4.78 is 21.3. The average Bonchev–Trinajstić information content (AvgIpc) is 3.40. The third-order valence-corrected chi connectivity index (χ3v) is 5.11. The molecule has 0 atom stereocenters. The first-order valence-electron chi connectivity index (χ1n) is 9.99. The molecule has 0 radical (unpaired) electrons. The van der Waals surface area contributed by atoms with Gasteiger partial charge in [-0.2, -0.15) is 0 Å². The van der Waals surface area contributed by atoms with E-state index in [-0.39, 0.29) is 28.8 Å². The van der Waals surface area contributed by atoms with Crippen molar-refractivity contribution in [3.8, 4) is 11.5 Å². The average molecular weight is 440 g/mol. The highest BCUT2D eigenvalue weighted by Gasteiger charge is 2.28. The molecule has 1 aliphatic heterocycles. The second-order valence-corrected chi connectivity index (χ2v) is 7.25. The van der Waals surface area contributed by atoms with Crippen molar-refractivity contribution < 1.29 is 33.0 Å². The van der Waals surface area contributed by atoms with Crippen molar-refractivity contribution in [3.63, 3.8) is 0 Å². The Morgan fingerprint density at radius 2 is 1.70 bits per heavy atom. The summed E-state index contributed by atoms with van der Waals surface area (Å²) in [4.78, 5) is 36.7. The Morgan fingerprint density at radius 3 is 2.45 bits per heavy atom. The Morgan fingerprint density at radius 1 is 0.909 bits per heavy atom. The summed E-state index contributed by atoms with van der Waals surface area (Å²) in [5, 5.41) is 0.793. The van der Waals surface area contributed by atoms with Gasteiger partial charge in [-0.25, -0.2) is 9.59 Å². The van der Waals surface area contributed by atoms with Crippen LogP contribution in [0.4, 0.5) is 0 Å². The lowest BCUT2D eigenvalue weighted by molar-refractivity contribution is 0.0600. The summed E-state index contributed by atoms with van der Waals surface area (Å²) in [7, 11) is 1.31. The first kappa shape index (κ1) is 20.3. The van der Waals surface area contributed by atoms with Gasteiger partial charge in [-0.05, 0) is 48.0 Å². The number of fused-ring (bicyclic) bond motifs is 2. The third-order valence-electron chi connectivity index (χ3n) is 5.11. The van der Waals surface area contributed by atoms with E-state index in [2.05, 4.69) is 4.74 Å². The Bertz CT molecular complexity index is 1410. The molecule has 5 rings (SSSR count). The zero-order valence-corrected chi connectivity index (χ0v) is 17.4. The molecule has 0 saturated carbocycles. The van der Waals surface area contributed by atoms with Crippen molar-refractivity contribution in [1.82, 2.24) is 0 Å². The van der Waals surface area contributed by atoms with Gasteiger partial charge in [0.25, 0.3) is 0 Å². The molecule has 0 unspecified atom stereocenters. The fourth-order valence-electron chi connectivity index (χ4n) is 3.46. The first-order valence-corrected chi connectivity index (χ1v) is 9.99. The maximum absolute atomic E-state index is 12.7. The molecule has 3 aromatic carbocycles. The van der Waals surface area contributed by atoms with E-state index in [1.807, 2.05) is 18.2 Å². The topological polar surface area (TPSA) is 92.0 Å². The molecule has 7 heteroatoms. The summed E-state index contributed by atoms with van der Waals surface area (Å²) in [6.45, 7) is 0. The van der Waals surface area contributed by atoms with Crippen molar-refractivity contribution in [2.45, 2.75) is 0 Å². The summed E-state index contributed by atoms with van der Waals surface area (Å²) in [6.07, 6.45) is 1.57. The van der Waals surface area contributed by atoms with Gasteiger partial charge in [0.1, 0.15) is 17.1 Å². The molecule has 0 N–H and O–H groups in total. The van der Waals surface area contributed by atoms with Crippen LogP contribution in [0.1, 0.15) is 36.8 Å². The van der Waals surface area contributed by atoms with Gasteiger partial charge in [-0.3, -0.25) is 4.79 Å². The minimum Gasteiger partial charge on any atom is -0.465 e. The number of carbonyl (C=O) groups is 3. The Hall–Kier alpha value is -4.65. The van der Waals surface area contributed by atoms with Crippen LogP contribution in [0.25, 0.3) is 17.0 Å². The van der Waals surface area contributed by atoms with E-state index in [0.29, 0.717) is 22.3 Å². The zero-order valence-electron chi connectivity index (χ0n) is 17.4. The number of allylic oxidation sites excluding steroid dienone is 1. The van der Waals surface area contributed by atoms with Crippen molar-refractivity contribution >= 4 is 34.8 Å². The largest absolute Gasteiger partial charge is 0.465 e. The molecule has 0 fully saturated rings. The standard InChI is InChI=1S/C26H16O7/c1-30-25(28)16-8-6-15(7-9-16)12-22-24(27)19-11-10-18(14-21(19)33-22)31-26(29)23-13-17-4-2-3-5-20(17)32-23/h2-14H,1H3/b22-12-. The molecular formula is C26H16O7. The fourth-order valence-corrected chi connectivity index (χ4v) is 3.46. The molecule has 0 amide bonds. The van der Waals surface area contributed by atoms with Gasteiger partial charge < -0.3 is 18.6 Å². The van der Waals surface area contributed by atoms with E-state index in [1.165, 1.54) is 19.2 Å². The second-order valence-electron chi connectivity index (χ2n) is 7.25. The number of benzene rings is 3. The number of ether oxygens (including phenoxy) is 3. The van der Waals surface area contributed by atoms with Crippen LogP contribution in [0.15, 0.2) is 83.0 Å². The molecule has 162 valence electrons. The van der Waals surface area contributed by atoms with Gasteiger partial charge in [0.05, 0.1) is 18.2 Å². The molecule has 0 saturated heterocycles. The minimum atomic E-state index is -0.656. The molecule has 1 aliphatic rings. The van der Waals surface area contributed by atoms with Gasteiger partial charge in [-0.1, -0.05) is 30.3 Å². The van der Waals surface area contributed by atoms with E-state index >= 15 is 0 Å². The van der Waals surface area contributed by atoms with Crippen LogP contribution in [-0.4, -0.2) is 24.8 Å². The van der Waals surface area contributed by atoms with Gasteiger partial charge in [0.15, 0.2) is 5.76 Å². The van der Waals surface area contributed by atoms with Crippen LogP contribution >= 0.6 is 0 Å². The predicted molar refractivity (Wildman–Crippen MR) is 118 cm³/mol. The number of para-hydroxylation sites is 1. The Balaban J connectivity index is 1.34. The molecule has 0 spiro atoms. The van der Waals surface area contributed by atoms with Gasteiger partial charge in [-0.15, -0.1) is 0 Å². The van der Waals surface area contributed by atoms with Crippen LogP contribution in [-0.2, 0) is 4.74 Å². The van der Waals surface area contributed by atoms with E-state index in [4.69, 9.17) is 13.9 Å². The number of ketones is 1. The lowest BCUT2D eigenvalue weighted by Gasteiger charge is -2.04. The Labute approximate surface area is 187 Å². The smallest absolute Gasteiger partial charge is 0.379 e. The number of hydrogen-bond donors (Lipinski definition) is 0. The van der Waals surface area contributed by atoms with Crippen molar-refractivity contribution in [2.24, 2.45) is 0 Å². The molecule has 1 aromatic heterocycles. The summed E-state index contributed by atoms with van der Waals surface area (Å²) in [5.41, 5.74) is 2.02. The molecular weight excluding hydrogens is 424 g/mol. The Kier molecular flexibility index (Phi) is 4.99. The normalized spacial score (nSPS) is 13.6. The van der Waals surface area contributed by atoms with Crippen LogP contribution in [0.3, 0.4) is 0 Å². The SMILES string of the molecule is COC(=O)c1ccc(/C=C2\Oc3cc(OC(=O)c4cc5ccccc5o4)ccc3C2=O)cc1. The highest BCUT2D eigenvalue weighted by molar-refractivity contribution is 6.14. The maximum atomic E-state index is 12.7. The fraction of sp³-hybridized carbons (Fsp3) is 0.0385. The van der Waals surface area contributed by atoms with Crippen LogP contribution in [0.2, 0.25) is 0 Å². The first-order chi connectivity index (χ1) is 16.0. The second kappa shape index (κ2) is 8.12. The van der Waals surface area contributed by atoms with Crippen LogP contribution < -0.4 is 9.47 Å². The van der Waals surface area contributed by atoms with E-state index in [1.54, 1.807) is 48.5 Å². The van der Waals surface area contributed by atoms with Gasteiger partial charge in [0.2, 0.25) is 11.5 Å².